The second-order valence-electron chi connectivity index (χ2n) is 3.24. The van der Waals surface area contributed by atoms with E-state index in [-0.39, 0.29) is 35.3 Å². The van der Waals surface area contributed by atoms with Gasteiger partial charge in [-0.1, -0.05) is 19.4 Å². The van der Waals surface area contributed by atoms with Crippen molar-refractivity contribution in [3.8, 4) is 0 Å². The zero-order chi connectivity index (χ0) is 8.39. The molecule has 0 N–H and O–H groups in total. The van der Waals surface area contributed by atoms with Crippen LogP contribution >= 0.6 is 0 Å². The smallest absolute Gasteiger partial charge is 0 e. The third-order valence-electron chi connectivity index (χ3n) is 2.22. The Bertz CT molecular complexity index is 349. The maximum atomic E-state index is 2.29. The van der Waals surface area contributed by atoms with Crippen molar-refractivity contribution in [2.75, 3.05) is 0 Å². The molecule has 2 rings (SSSR count). The molecule has 82 valence electrons. The van der Waals surface area contributed by atoms with E-state index in [9.17, 15) is 0 Å². The van der Waals surface area contributed by atoms with Gasteiger partial charge in [0, 0.05) is 25.8 Å². The minimum atomic E-state index is 0. The Hall–Kier alpha value is -0.440. The molecule has 0 nitrogen and oxygen atoms in total. The van der Waals surface area contributed by atoms with E-state index in [2.05, 4.69) is 43.3 Å². The molecule has 0 saturated heterocycles. The third-order valence-corrected chi connectivity index (χ3v) is 2.22. The van der Waals surface area contributed by atoms with Crippen LogP contribution in [0.25, 0.3) is 10.8 Å². The van der Waals surface area contributed by atoms with Crippen LogP contribution in [-0.4, -0.2) is 0 Å². The van der Waals surface area contributed by atoms with Crippen LogP contribution in [-0.2, 0) is 32.3 Å². The first-order valence-electron chi connectivity index (χ1n) is 4.54. The van der Waals surface area contributed by atoms with Gasteiger partial charge in [-0.2, -0.15) is 6.07 Å². The molecule has 0 bridgehead atoms. The normalized spacial score (nSPS) is 8.60. The molecule has 0 unspecified atom stereocenters. The summed E-state index contributed by atoms with van der Waals surface area (Å²) in [7, 11) is 0. The number of rotatable bonds is 2. The number of benzene rings is 1. The summed E-state index contributed by atoms with van der Waals surface area (Å²) in [5.74, 6) is 0. The maximum Gasteiger partial charge on any atom is 0 e. The fraction of sp³-hybridized carbons (Fsp3) is 0.250. The minimum Gasteiger partial charge on any atom is -1.00 e. The van der Waals surface area contributed by atoms with Crippen LogP contribution in [0.5, 0.6) is 0 Å². The Morgan fingerprint density at radius 3 is 2.40 bits per heavy atom. The van der Waals surface area contributed by atoms with Gasteiger partial charge in [-0.05, 0) is 6.42 Å². The van der Waals surface area contributed by atoms with Gasteiger partial charge in [0.1, 0.15) is 0 Å². The zero-order valence-corrected chi connectivity index (χ0v) is 12.2. The van der Waals surface area contributed by atoms with Crippen molar-refractivity contribution in [2.45, 2.75) is 19.8 Å². The van der Waals surface area contributed by atoms with Crippen LogP contribution in [0, 0.1) is 0 Å². The van der Waals surface area contributed by atoms with Crippen LogP contribution in [0.3, 0.4) is 0 Å². The van der Waals surface area contributed by atoms with Crippen LogP contribution in [0.1, 0.15) is 18.9 Å². The zero-order valence-electron chi connectivity index (χ0n) is 8.63. The standard InChI is InChI=1S/C12H13.2FH.Hf/c1-2-5-10-8-11-6-3-4-7-12(11)9-10;;;/h3-4,6-9H,2,5H2,1H3;2*1H;/q-1;;;/p-2. The Morgan fingerprint density at radius 1 is 1.13 bits per heavy atom. The van der Waals surface area contributed by atoms with E-state index in [0.29, 0.717) is 0 Å². The molecule has 0 radical (unpaired) electrons. The van der Waals surface area contributed by atoms with Crippen molar-refractivity contribution >= 4 is 10.8 Å². The van der Waals surface area contributed by atoms with Gasteiger partial charge in [-0.25, -0.2) is 0 Å². The van der Waals surface area contributed by atoms with Crippen LogP contribution in [0.4, 0.5) is 0 Å². The molecule has 3 heteroatoms. The van der Waals surface area contributed by atoms with Crippen molar-refractivity contribution < 1.29 is 35.3 Å². The largest absolute Gasteiger partial charge is 1.00 e. The maximum absolute atomic E-state index is 2.29. The van der Waals surface area contributed by atoms with Gasteiger partial charge in [-0.3, -0.25) is 0 Å². The molecule has 0 spiro atoms. The van der Waals surface area contributed by atoms with Gasteiger partial charge < -0.3 is 9.41 Å². The number of aryl methyl sites for hydroxylation is 1. The van der Waals surface area contributed by atoms with Gasteiger partial charge in [-0.15, -0.1) is 40.6 Å². The first kappa shape index (κ1) is 17.0. The topological polar surface area (TPSA) is 0 Å². The molecular weight excluding hydrogens is 361 g/mol. The van der Waals surface area contributed by atoms with E-state index in [1.54, 1.807) is 0 Å². The first-order chi connectivity index (χ1) is 5.90. The quantitative estimate of drug-likeness (QED) is 0.404. The Morgan fingerprint density at radius 2 is 1.80 bits per heavy atom. The van der Waals surface area contributed by atoms with Gasteiger partial charge in [0.05, 0.1) is 0 Å². The molecule has 0 heterocycles. The van der Waals surface area contributed by atoms with Crippen molar-refractivity contribution in [3.05, 3.63) is 42.0 Å². The van der Waals surface area contributed by atoms with Gasteiger partial charge in [0.25, 0.3) is 0 Å². The van der Waals surface area contributed by atoms with E-state index in [0.717, 1.165) is 0 Å². The minimum absolute atomic E-state index is 0. The summed E-state index contributed by atoms with van der Waals surface area (Å²) in [6.45, 7) is 2.22. The molecule has 0 aliphatic carbocycles. The van der Waals surface area contributed by atoms with E-state index in [1.165, 1.54) is 29.2 Å². The predicted molar refractivity (Wildman–Crippen MR) is 53.5 cm³/mol. The van der Waals surface area contributed by atoms with Crippen LogP contribution in [0.2, 0.25) is 0 Å². The average molecular weight is 374 g/mol. The fourth-order valence-corrected chi connectivity index (χ4v) is 1.65. The molecule has 15 heavy (non-hydrogen) atoms. The van der Waals surface area contributed by atoms with E-state index < -0.39 is 0 Å². The molecule has 2 aromatic rings. The Kier molecular flexibility index (Phi) is 8.83. The van der Waals surface area contributed by atoms with Gasteiger partial charge in [0.15, 0.2) is 0 Å². The van der Waals surface area contributed by atoms with E-state index in [4.69, 9.17) is 0 Å². The second-order valence-corrected chi connectivity index (χ2v) is 3.24. The van der Waals surface area contributed by atoms with E-state index >= 15 is 0 Å². The summed E-state index contributed by atoms with van der Waals surface area (Å²) < 4.78 is 0. The van der Waals surface area contributed by atoms with Gasteiger partial charge >= 0.3 is 0 Å². The molecule has 0 atom stereocenters. The molecule has 2 aromatic carbocycles. The SMILES string of the molecule is CCCc1cc2ccccc2[cH-]1.[F-].[F-].[Hf]. The summed E-state index contributed by atoms with van der Waals surface area (Å²) in [4.78, 5) is 0. The number of hydrogen-bond donors (Lipinski definition) is 0. The number of halogens is 2. The fourth-order valence-electron chi connectivity index (χ4n) is 1.65. The van der Waals surface area contributed by atoms with Crippen LogP contribution in [0.15, 0.2) is 36.4 Å². The number of fused-ring (bicyclic) bond motifs is 1. The Labute approximate surface area is 108 Å². The Balaban J connectivity index is 0. The monoisotopic (exact) mass is 375 g/mol. The van der Waals surface area contributed by atoms with E-state index in [1.807, 2.05) is 0 Å². The summed E-state index contributed by atoms with van der Waals surface area (Å²) in [5, 5.41) is 2.75. The first-order valence-corrected chi connectivity index (χ1v) is 4.54. The molecule has 0 aliphatic rings. The average Bonchev–Trinajstić information content (AvgIpc) is 2.47. The number of hydrogen-bond acceptors (Lipinski definition) is 0. The molecule has 0 amide bonds. The summed E-state index contributed by atoms with van der Waals surface area (Å²) >= 11 is 0. The summed E-state index contributed by atoms with van der Waals surface area (Å²) in [5.41, 5.74) is 1.47. The van der Waals surface area contributed by atoms with Crippen molar-refractivity contribution in [1.82, 2.24) is 0 Å². The van der Waals surface area contributed by atoms with Crippen molar-refractivity contribution in [1.29, 1.82) is 0 Å². The van der Waals surface area contributed by atoms with Gasteiger partial charge in [0.2, 0.25) is 0 Å². The molecule has 0 saturated carbocycles. The molecule has 0 aliphatic heterocycles. The van der Waals surface area contributed by atoms with Crippen molar-refractivity contribution in [2.24, 2.45) is 0 Å². The van der Waals surface area contributed by atoms with Crippen molar-refractivity contribution in [3.63, 3.8) is 0 Å². The molecule has 0 aromatic heterocycles. The predicted octanol–water partition coefficient (Wildman–Crippen LogP) is -2.48. The molecular formula is C12H13F2Hf-3. The molecule has 0 fully saturated rings. The second kappa shape index (κ2) is 7.80. The third kappa shape index (κ3) is 3.90. The summed E-state index contributed by atoms with van der Waals surface area (Å²) in [6, 6.07) is 13.1. The summed E-state index contributed by atoms with van der Waals surface area (Å²) in [6.07, 6.45) is 2.44. The van der Waals surface area contributed by atoms with Crippen LogP contribution < -0.4 is 9.41 Å².